The third-order valence-corrected chi connectivity index (χ3v) is 8.44. The van der Waals surface area contributed by atoms with E-state index in [0.717, 1.165) is 12.8 Å². The van der Waals surface area contributed by atoms with Crippen molar-refractivity contribution in [2.75, 3.05) is 11.4 Å². The summed E-state index contributed by atoms with van der Waals surface area (Å²) >= 11 is 0. The number of anilines is 1. The van der Waals surface area contributed by atoms with Gasteiger partial charge in [-0.25, -0.2) is 4.79 Å². The molecule has 1 aliphatic carbocycles. The van der Waals surface area contributed by atoms with Crippen LogP contribution in [0.4, 0.5) is 5.69 Å². The van der Waals surface area contributed by atoms with E-state index in [1.54, 1.807) is 55.5 Å². The van der Waals surface area contributed by atoms with Gasteiger partial charge in [0.15, 0.2) is 0 Å². The van der Waals surface area contributed by atoms with Crippen LogP contribution in [0.25, 0.3) is 6.08 Å². The molecule has 1 saturated carbocycles. The predicted molar refractivity (Wildman–Crippen MR) is 164 cm³/mol. The van der Waals surface area contributed by atoms with Crippen LogP contribution in [0.3, 0.4) is 0 Å². The number of rotatable bonds is 12. The van der Waals surface area contributed by atoms with Crippen LogP contribution in [0.15, 0.2) is 60.3 Å². The highest BCUT2D eigenvalue weighted by molar-refractivity contribution is 6.04. The predicted octanol–water partition coefficient (Wildman–Crippen LogP) is 3.44. The molecule has 1 heterocycles. The van der Waals surface area contributed by atoms with Gasteiger partial charge < -0.3 is 25.7 Å². The summed E-state index contributed by atoms with van der Waals surface area (Å²) in [6.45, 7) is 3.32. The Morgan fingerprint density at radius 3 is 2.18 bits per heavy atom. The summed E-state index contributed by atoms with van der Waals surface area (Å²) in [6, 6.07) is 14.6. The molecule has 2 atom stereocenters. The van der Waals surface area contributed by atoms with Gasteiger partial charge in [0.05, 0.1) is 11.8 Å². The maximum atomic E-state index is 13.5. The van der Waals surface area contributed by atoms with Crippen molar-refractivity contribution in [3.63, 3.8) is 0 Å². The quantitative estimate of drug-likeness (QED) is 0.262. The van der Waals surface area contributed by atoms with Gasteiger partial charge in [-0.1, -0.05) is 55.3 Å². The first-order chi connectivity index (χ1) is 21.4. The van der Waals surface area contributed by atoms with Crippen LogP contribution in [-0.4, -0.2) is 63.3 Å². The monoisotopic (exact) mass is 618 g/mol. The summed E-state index contributed by atoms with van der Waals surface area (Å²) in [5, 5.41) is 24.3. The molecule has 2 fully saturated rings. The molecule has 1 unspecified atom stereocenters. The second-order valence-electron chi connectivity index (χ2n) is 11.5. The minimum atomic E-state index is -1.31. The molecule has 4 amide bonds. The van der Waals surface area contributed by atoms with Gasteiger partial charge in [0.1, 0.15) is 17.9 Å². The summed E-state index contributed by atoms with van der Waals surface area (Å²) in [4.78, 5) is 77.5. The Morgan fingerprint density at radius 2 is 1.60 bits per heavy atom. The van der Waals surface area contributed by atoms with Crippen LogP contribution < -0.4 is 15.5 Å². The van der Waals surface area contributed by atoms with Crippen LogP contribution in [0.1, 0.15) is 76.1 Å². The van der Waals surface area contributed by atoms with Gasteiger partial charge in [0, 0.05) is 25.6 Å². The SMILES string of the molecule is CC(=O)NCCC1(C(=O)N/C(=C\c2ccc(N3C(=O)[C@@H](C)N(C(=O)CCC(=O)O)C3c3ccccc3)cc2)C(=O)O)CCCC1. The maximum Gasteiger partial charge on any atom is 0.352 e. The molecular weight excluding hydrogens is 580 g/mol. The molecule has 1 aliphatic heterocycles. The highest BCUT2D eigenvalue weighted by atomic mass is 16.4. The highest BCUT2D eigenvalue weighted by Crippen LogP contribution is 2.42. The van der Waals surface area contributed by atoms with Crippen molar-refractivity contribution in [3.05, 3.63) is 71.4 Å². The molecule has 4 rings (SSSR count). The van der Waals surface area contributed by atoms with Crippen LogP contribution >= 0.6 is 0 Å². The Bertz CT molecular complexity index is 1480. The lowest BCUT2D eigenvalue weighted by atomic mass is 9.81. The zero-order chi connectivity index (χ0) is 32.7. The number of carbonyl (C=O) groups excluding carboxylic acids is 4. The Hall–Kier alpha value is -5.00. The molecule has 0 radical (unpaired) electrons. The van der Waals surface area contributed by atoms with Crippen molar-refractivity contribution in [2.45, 2.75) is 71.0 Å². The fourth-order valence-corrected chi connectivity index (χ4v) is 6.10. The summed E-state index contributed by atoms with van der Waals surface area (Å²) < 4.78 is 0. The molecule has 0 bridgehead atoms. The summed E-state index contributed by atoms with van der Waals surface area (Å²) in [6.07, 6.45) is 3.17. The Balaban J connectivity index is 1.59. The van der Waals surface area contributed by atoms with Crippen molar-refractivity contribution < 1.29 is 39.0 Å². The fourth-order valence-electron chi connectivity index (χ4n) is 6.10. The molecule has 2 aromatic carbocycles. The van der Waals surface area contributed by atoms with E-state index in [1.807, 2.05) is 6.07 Å². The minimum Gasteiger partial charge on any atom is -0.481 e. The number of nitrogens with zero attached hydrogens (tertiary/aromatic N) is 2. The van der Waals surface area contributed by atoms with E-state index in [1.165, 1.54) is 22.8 Å². The molecule has 0 aromatic heterocycles. The zero-order valence-electron chi connectivity index (χ0n) is 25.3. The third-order valence-electron chi connectivity index (χ3n) is 8.44. The first kappa shape index (κ1) is 32.9. The summed E-state index contributed by atoms with van der Waals surface area (Å²) in [5.74, 6) is -3.84. The average Bonchev–Trinajstić information content (AvgIpc) is 3.59. The molecule has 2 aliphatic rings. The minimum absolute atomic E-state index is 0.198. The average molecular weight is 619 g/mol. The summed E-state index contributed by atoms with van der Waals surface area (Å²) in [7, 11) is 0. The van der Waals surface area contributed by atoms with E-state index in [2.05, 4.69) is 10.6 Å². The van der Waals surface area contributed by atoms with Gasteiger partial charge in [0.25, 0.3) is 5.91 Å². The van der Waals surface area contributed by atoms with Crippen LogP contribution in [0, 0.1) is 5.41 Å². The lowest BCUT2D eigenvalue weighted by Gasteiger charge is -2.31. The second kappa shape index (κ2) is 14.2. The first-order valence-electron chi connectivity index (χ1n) is 15.0. The number of aliphatic carboxylic acids is 2. The van der Waals surface area contributed by atoms with Gasteiger partial charge in [0.2, 0.25) is 17.7 Å². The van der Waals surface area contributed by atoms with Crippen molar-refractivity contribution in [1.29, 1.82) is 0 Å². The molecule has 12 heteroatoms. The second-order valence-corrected chi connectivity index (χ2v) is 11.5. The highest BCUT2D eigenvalue weighted by Gasteiger charge is 2.47. The molecular formula is C33H38N4O8. The number of carbonyl (C=O) groups is 6. The standard InChI is InChI=1S/C33H38N4O8/c1-21-30(42)37(29(24-8-4-3-5-9-24)36(21)27(39)14-15-28(40)41)25-12-10-23(11-13-25)20-26(31(43)44)35-32(45)33(16-6-7-17-33)18-19-34-22(2)38/h3-5,8-13,20-21,29H,6-7,14-19H2,1-2H3,(H,34,38)(H,35,45)(H,40,41)(H,43,44)/b26-20-/t21-,29?/m1/s1. The molecule has 4 N–H and O–H groups in total. The number of amides is 4. The summed E-state index contributed by atoms with van der Waals surface area (Å²) in [5.41, 5.74) is 0.504. The Morgan fingerprint density at radius 1 is 0.956 bits per heavy atom. The Kier molecular flexibility index (Phi) is 10.4. The number of hydrogen-bond acceptors (Lipinski definition) is 6. The van der Waals surface area contributed by atoms with Crippen molar-refractivity contribution in [1.82, 2.24) is 15.5 Å². The van der Waals surface area contributed by atoms with Crippen LogP contribution in [0.2, 0.25) is 0 Å². The third kappa shape index (κ3) is 7.57. The number of hydrogen-bond donors (Lipinski definition) is 4. The number of nitrogens with one attached hydrogen (secondary N) is 2. The van der Waals surface area contributed by atoms with Gasteiger partial charge in [-0.15, -0.1) is 0 Å². The molecule has 2 aromatic rings. The van der Waals surface area contributed by atoms with E-state index >= 15 is 0 Å². The van der Waals surface area contributed by atoms with E-state index < -0.39 is 41.4 Å². The van der Waals surface area contributed by atoms with E-state index in [-0.39, 0.29) is 30.4 Å². The normalized spacial score (nSPS) is 19.3. The maximum absolute atomic E-state index is 13.5. The van der Waals surface area contributed by atoms with Crippen LogP contribution in [0.5, 0.6) is 0 Å². The molecule has 0 spiro atoms. The van der Waals surface area contributed by atoms with E-state index in [0.29, 0.717) is 42.6 Å². The zero-order valence-corrected chi connectivity index (χ0v) is 25.3. The lowest BCUT2D eigenvalue weighted by Crippen LogP contribution is -2.42. The molecule has 238 valence electrons. The van der Waals surface area contributed by atoms with E-state index in [9.17, 15) is 33.9 Å². The lowest BCUT2D eigenvalue weighted by molar-refractivity contribution is -0.142. The molecule has 12 nitrogen and oxygen atoms in total. The smallest absolute Gasteiger partial charge is 0.352 e. The topological polar surface area (TPSA) is 173 Å². The molecule has 1 saturated heterocycles. The van der Waals surface area contributed by atoms with Crippen molar-refractivity contribution >= 4 is 47.3 Å². The van der Waals surface area contributed by atoms with Gasteiger partial charge >= 0.3 is 11.9 Å². The van der Waals surface area contributed by atoms with Gasteiger partial charge in [-0.3, -0.25) is 28.9 Å². The van der Waals surface area contributed by atoms with Gasteiger partial charge in [-0.05, 0) is 55.5 Å². The number of carboxylic acid groups (broad SMARTS) is 2. The van der Waals surface area contributed by atoms with Gasteiger partial charge in [-0.2, -0.15) is 0 Å². The van der Waals surface area contributed by atoms with Crippen LogP contribution in [-0.2, 0) is 28.8 Å². The Labute approximate surface area is 261 Å². The van der Waals surface area contributed by atoms with Crippen molar-refractivity contribution in [2.24, 2.45) is 5.41 Å². The largest absolute Gasteiger partial charge is 0.481 e. The fraction of sp³-hybridized carbons (Fsp3) is 0.394. The van der Waals surface area contributed by atoms with Crippen molar-refractivity contribution in [3.8, 4) is 0 Å². The number of carboxylic acids is 2. The van der Waals surface area contributed by atoms with E-state index in [4.69, 9.17) is 5.11 Å². The number of benzene rings is 2. The molecule has 45 heavy (non-hydrogen) atoms. The first-order valence-corrected chi connectivity index (χ1v) is 15.0.